The van der Waals surface area contributed by atoms with Crippen LogP contribution in [0.4, 0.5) is 5.69 Å². The van der Waals surface area contributed by atoms with Crippen LogP contribution in [0.15, 0.2) is 76.6 Å². The molecule has 2 N–H and O–H groups in total. The molecule has 4 rings (SSSR count). The molecule has 0 aliphatic rings. The molecule has 2 amide bonds. The first-order valence-corrected chi connectivity index (χ1v) is 11.1. The van der Waals surface area contributed by atoms with Gasteiger partial charge in [-0.1, -0.05) is 42.1 Å². The first kappa shape index (κ1) is 21.6. The van der Waals surface area contributed by atoms with Crippen molar-refractivity contribution in [1.29, 1.82) is 0 Å². The van der Waals surface area contributed by atoms with Crippen LogP contribution in [0.25, 0.3) is 11.0 Å². The molecule has 0 saturated carbocycles. The fourth-order valence-electron chi connectivity index (χ4n) is 3.28. The van der Waals surface area contributed by atoms with Gasteiger partial charge in [0.05, 0.1) is 0 Å². The van der Waals surface area contributed by atoms with Crippen molar-refractivity contribution in [1.82, 2.24) is 15.3 Å². The average molecular weight is 447 g/mol. The molecule has 7 nitrogen and oxygen atoms in total. The first-order chi connectivity index (χ1) is 15.6. The lowest BCUT2D eigenvalue weighted by Crippen LogP contribution is -2.26. The topological polar surface area (TPSA) is 97.1 Å². The van der Waals surface area contributed by atoms with Crippen LogP contribution in [0.1, 0.15) is 28.6 Å². The van der Waals surface area contributed by atoms with Gasteiger partial charge in [-0.15, -0.1) is 0 Å². The number of hydrogen-bond donors (Lipinski definition) is 2. The summed E-state index contributed by atoms with van der Waals surface area (Å²) in [6.07, 6.45) is 4.05. The summed E-state index contributed by atoms with van der Waals surface area (Å²) in [5, 5.41) is 7.25. The number of nitrogens with one attached hydrogen (secondary N) is 2. The number of carbonyl (C=O) groups excluding carboxylic acids is 2. The lowest BCUT2D eigenvalue weighted by Gasteiger charge is -2.07. The highest BCUT2D eigenvalue weighted by Crippen LogP contribution is 2.31. The number of para-hydroxylation sites is 1. The van der Waals surface area contributed by atoms with Gasteiger partial charge in [-0.2, -0.15) is 0 Å². The van der Waals surface area contributed by atoms with Gasteiger partial charge in [-0.3, -0.25) is 9.59 Å². The molecule has 0 unspecified atom stereocenters. The number of amides is 2. The molecule has 2 aromatic heterocycles. The summed E-state index contributed by atoms with van der Waals surface area (Å²) < 4.78 is 5.90. The normalized spacial score (nSPS) is 10.8. The van der Waals surface area contributed by atoms with Crippen molar-refractivity contribution < 1.29 is 14.0 Å². The van der Waals surface area contributed by atoms with Gasteiger partial charge in [0.1, 0.15) is 5.58 Å². The molecule has 0 aliphatic heterocycles. The molecule has 162 valence electrons. The predicted molar refractivity (Wildman–Crippen MR) is 125 cm³/mol. The Balaban J connectivity index is 1.43. The Labute approximate surface area is 189 Å². The summed E-state index contributed by atoms with van der Waals surface area (Å²) in [4.78, 5) is 32.5. The number of carbonyl (C=O) groups is 2. The number of rotatable bonds is 8. The van der Waals surface area contributed by atoms with E-state index in [1.54, 1.807) is 18.5 Å². The molecule has 2 aromatic carbocycles. The molecule has 32 heavy (non-hydrogen) atoms. The van der Waals surface area contributed by atoms with Crippen molar-refractivity contribution in [3.05, 3.63) is 83.9 Å². The van der Waals surface area contributed by atoms with Crippen LogP contribution < -0.4 is 10.6 Å². The number of thioether (sulfide) groups is 1. The molecule has 0 saturated heterocycles. The zero-order valence-electron chi connectivity index (χ0n) is 17.5. The van der Waals surface area contributed by atoms with Gasteiger partial charge in [0.15, 0.2) is 10.9 Å². The second-order valence-corrected chi connectivity index (χ2v) is 8.05. The summed E-state index contributed by atoms with van der Waals surface area (Å²) in [5.74, 6) is 0.480. The molecule has 0 atom stereocenters. The average Bonchev–Trinajstić information content (AvgIpc) is 3.18. The van der Waals surface area contributed by atoms with Gasteiger partial charge in [-0.05, 0) is 36.2 Å². The van der Waals surface area contributed by atoms with Crippen molar-refractivity contribution in [2.24, 2.45) is 0 Å². The number of benzene rings is 2. The smallest absolute Gasteiger partial charge is 0.287 e. The maximum absolute atomic E-state index is 12.9. The Kier molecular flexibility index (Phi) is 6.81. The van der Waals surface area contributed by atoms with E-state index in [1.165, 1.54) is 18.7 Å². The lowest BCUT2D eigenvalue weighted by molar-refractivity contribution is -0.114. The zero-order valence-corrected chi connectivity index (χ0v) is 18.3. The zero-order chi connectivity index (χ0) is 22.3. The second kappa shape index (κ2) is 10.1. The van der Waals surface area contributed by atoms with Gasteiger partial charge in [0.2, 0.25) is 5.91 Å². The van der Waals surface area contributed by atoms with Crippen LogP contribution in [0, 0.1) is 0 Å². The van der Waals surface area contributed by atoms with Crippen LogP contribution in [0.5, 0.6) is 0 Å². The molecular formula is C24H22N4O3S. The van der Waals surface area contributed by atoms with Gasteiger partial charge >= 0.3 is 0 Å². The molecule has 8 heteroatoms. The summed E-state index contributed by atoms with van der Waals surface area (Å²) in [7, 11) is 0. The second-order valence-electron chi connectivity index (χ2n) is 7.11. The highest BCUT2D eigenvalue weighted by atomic mass is 32.2. The minimum absolute atomic E-state index is 0.108. The molecule has 4 aromatic rings. The quantitative estimate of drug-likeness (QED) is 0.307. The maximum atomic E-state index is 12.9. The molecular weight excluding hydrogens is 424 g/mol. The van der Waals surface area contributed by atoms with Gasteiger partial charge in [-0.25, -0.2) is 9.97 Å². The van der Waals surface area contributed by atoms with Crippen LogP contribution >= 0.6 is 11.8 Å². The van der Waals surface area contributed by atoms with E-state index in [2.05, 4.69) is 20.6 Å². The Morgan fingerprint density at radius 1 is 1.00 bits per heavy atom. The Morgan fingerprint density at radius 3 is 2.50 bits per heavy atom. The summed E-state index contributed by atoms with van der Waals surface area (Å²) in [6.45, 7) is 1.94. The number of furan rings is 1. The number of anilines is 1. The van der Waals surface area contributed by atoms with E-state index in [0.717, 1.165) is 22.2 Å². The molecule has 0 fully saturated rings. The summed E-state index contributed by atoms with van der Waals surface area (Å²) in [5.41, 5.74) is 3.31. The van der Waals surface area contributed by atoms with Crippen LogP contribution in [-0.4, -0.2) is 28.3 Å². The Hall–Kier alpha value is -3.65. The predicted octanol–water partition coefficient (Wildman–Crippen LogP) is 4.45. The van der Waals surface area contributed by atoms with E-state index in [9.17, 15) is 9.59 Å². The molecule has 0 aliphatic carbocycles. The minimum Gasteiger partial charge on any atom is -0.451 e. The standard InChI is InChI=1S/C24H22N4O3S/c1-16(29)28-18-9-7-17(8-10-18)11-14-25-23(30)22-20(15-32-24-26-12-4-13-27-24)19-5-2-3-6-21(19)31-22/h2-10,12-13H,11,14-15H2,1H3,(H,25,30)(H,28,29). The van der Waals surface area contributed by atoms with E-state index < -0.39 is 0 Å². The van der Waals surface area contributed by atoms with Gasteiger partial charge in [0, 0.05) is 48.3 Å². The first-order valence-electron chi connectivity index (χ1n) is 10.1. The van der Waals surface area contributed by atoms with Crippen molar-refractivity contribution in [3.63, 3.8) is 0 Å². The highest BCUT2D eigenvalue weighted by molar-refractivity contribution is 7.98. The van der Waals surface area contributed by atoms with E-state index in [0.29, 0.717) is 35.2 Å². The minimum atomic E-state index is -0.249. The lowest BCUT2D eigenvalue weighted by atomic mass is 10.1. The van der Waals surface area contributed by atoms with Crippen LogP contribution in [-0.2, 0) is 17.0 Å². The van der Waals surface area contributed by atoms with E-state index in [1.807, 2.05) is 48.5 Å². The van der Waals surface area contributed by atoms with E-state index in [-0.39, 0.29) is 11.8 Å². The summed E-state index contributed by atoms with van der Waals surface area (Å²) in [6, 6.07) is 16.9. The third kappa shape index (κ3) is 5.33. The van der Waals surface area contributed by atoms with Crippen LogP contribution in [0.3, 0.4) is 0 Å². The SMILES string of the molecule is CC(=O)Nc1ccc(CCNC(=O)c2oc3ccccc3c2CSc2ncccn2)cc1. The molecule has 0 radical (unpaired) electrons. The van der Waals surface area contributed by atoms with Crippen molar-refractivity contribution >= 4 is 40.2 Å². The van der Waals surface area contributed by atoms with E-state index >= 15 is 0 Å². The third-order valence-electron chi connectivity index (χ3n) is 4.77. The van der Waals surface area contributed by atoms with Crippen molar-refractivity contribution in [2.45, 2.75) is 24.3 Å². The number of aromatic nitrogens is 2. The fraction of sp³-hybridized carbons (Fsp3) is 0.167. The van der Waals surface area contributed by atoms with Gasteiger partial charge < -0.3 is 15.1 Å². The monoisotopic (exact) mass is 446 g/mol. The van der Waals surface area contributed by atoms with Crippen LogP contribution in [0.2, 0.25) is 0 Å². The van der Waals surface area contributed by atoms with Crippen molar-refractivity contribution in [2.75, 3.05) is 11.9 Å². The Morgan fingerprint density at radius 2 is 1.75 bits per heavy atom. The molecule has 2 heterocycles. The highest BCUT2D eigenvalue weighted by Gasteiger charge is 2.20. The molecule has 0 bridgehead atoms. The number of nitrogens with zero attached hydrogens (tertiary/aromatic N) is 2. The van der Waals surface area contributed by atoms with Crippen molar-refractivity contribution in [3.8, 4) is 0 Å². The largest absolute Gasteiger partial charge is 0.451 e. The Bertz CT molecular complexity index is 1220. The third-order valence-corrected chi connectivity index (χ3v) is 5.67. The summed E-state index contributed by atoms with van der Waals surface area (Å²) >= 11 is 1.46. The van der Waals surface area contributed by atoms with Gasteiger partial charge in [0.25, 0.3) is 5.91 Å². The number of hydrogen-bond acceptors (Lipinski definition) is 6. The number of fused-ring (bicyclic) bond motifs is 1. The van der Waals surface area contributed by atoms with E-state index in [4.69, 9.17) is 4.42 Å². The molecule has 0 spiro atoms. The maximum Gasteiger partial charge on any atom is 0.287 e. The fourth-order valence-corrected chi connectivity index (χ4v) is 4.11.